The summed E-state index contributed by atoms with van der Waals surface area (Å²) in [4.78, 5) is 0. The largest absolute Gasteiger partial charge is 0.388 e. The fourth-order valence-corrected chi connectivity index (χ4v) is 5.41. The highest BCUT2D eigenvalue weighted by molar-refractivity contribution is 5.29. The average Bonchev–Trinajstić information content (AvgIpc) is 2.85. The van der Waals surface area contributed by atoms with Gasteiger partial charge in [-0.2, -0.15) is 0 Å². The minimum atomic E-state index is -0.208. The summed E-state index contributed by atoms with van der Waals surface area (Å²) in [6, 6.07) is 8.71. The van der Waals surface area contributed by atoms with Crippen LogP contribution in [0.15, 0.2) is 24.3 Å². The third-order valence-electron chi connectivity index (χ3n) is 6.10. The molecule has 20 heavy (non-hydrogen) atoms. The van der Waals surface area contributed by atoms with Crippen LogP contribution < -0.4 is 0 Å². The molecule has 3 aliphatic carbocycles. The zero-order chi connectivity index (χ0) is 13.9. The van der Waals surface area contributed by atoms with Crippen molar-refractivity contribution in [1.82, 2.24) is 0 Å². The van der Waals surface area contributed by atoms with E-state index in [9.17, 15) is 5.11 Å². The van der Waals surface area contributed by atoms with Gasteiger partial charge < -0.3 is 5.11 Å². The molecule has 0 heterocycles. The SMILES string of the molecule is CC(C)Cc1cccc(C(O)C2C3C4CCC(C4)C32)c1. The second kappa shape index (κ2) is 4.59. The van der Waals surface area contributed by atoms with E-state index < -0.39 is 0 Å². The first-order valence-electron chi connectivity index (χ1n) is 8.42. The number of benzene rings is 1. The Morgan fingerprint density at radius 1 is 1.15 bits per heavy atom. The predicted molar refractivity (Wildman–Crippen MR) is 81.2 cm³/mol. The molecule has 2 bridgehead atoms. The van der Waals surface area contributed by atoms with Gasteiger partial charge in [0.2, 0.25) is 0 Å². The van der Waals surface area contributed by atoms with E-state index in [1.54, 1.807) is 0 Å². The highest BCUT2D eigenvalue weighted by Crippen LogP contribution is 2.72. The first kappa shape index (κ1) is 12.9. The molecule has 1 aromatic carbocycles. The van der Waals surface area contributed by atoms with Crippen LogP contribution in [0.1, 0.15) is 50.3 Å². The van der Waals surface area contributed by atoms with Crippen molar-refractivity contribution >= 4 is 0 Å². The van der Waals surface area contributed by atoms with Crippen molar-refractivity contribution in [3.05, 3.63) is 35.4 Å². The van der Waals surface area contributed by atoms with E-state index in [-0.39, 0.29) is 6.10 Å². The standard InChI is InChI=1S/C19H26O/c1-11(2)8-12-4-3-5-15(9-12)19(20)18-16-13-6-7-14(10-13)17(16)18/h3-5,9,11,13-14,16-20H,6-8,10H2,1-2H3. The van der Waals surface area contributed by atoms with Crippen LogP contribution >= 0.6 is 0 Å². The van der Waals surface area contributed by atoms with Crippen LogP contribution in [0.25, 0.3) is 0 Å². The van der Waals surface area contributed by atoms with Gasteiger partial charge >= 0.3 is 0 Å². The van der Waals surface area contributed by atoms with Crippen molar-refractivity contribution in [2.75, 3.05) is 0 Å². The summed E-state index contributed by atoms with van der Waals surface area (Å²) in [6.45, 7) is 4.51. The third-order valence-corrected chi connectivity index (χ3v) is 6.10. The molecule has 1 nitrogen and oxygen atoms in total. The van der Waals surface area contributed by atoms with E-state index in [0.29, 0.717) is 11.8 Å². The first-order valence-corrected chi connectivity index (χ1v) is 8.42. The number of hydrogen-bond donors (Lipinski definition) is 1. The molecule has 0 saturated heterocycles. The molecule has 0 radical (unpaired) electrons. The van der Waals surface area contributed by atoms with Crippen LogP contribution in [-0.4, -0.2) is 5.11 Å². The van der Waals surface area contributed by atoms with Crippen molar-refractivity contribution in [3.63, 3.8) is 0 Å². The zero-order valence-electron chi connectivity index (χ0n) is 12.6. The monoisotopic (exact) mass is 270 g/mol. The number of hydrogen-bond acceptors (Lipinski definition) is 1. The van der Waals surface area contributed by atoms with E-state index >= 15 is 0 Å². The summed E-state index contributed by atoms with van der Waals surface area (Å²) in [5.74, 6) is 4.87. The van der Waals surface area contributed by atoms with Gasteiger partial charge in [0.1, 0.15) is 0 Å². The van der Waals surface area contributed by atoms with Gasteiger partial charge in [0, 0.05) is 0 Å². The maximum absolute atomic E-state index is 10.8. The molecular formula is C19H26O. The van der Waals surface area contributed by atoms with Crippen LogP contribution in [0.3, 0.4) is 0 Å². The summed E-state index contributed by atoms with van der Waals surface area (Å²) < 4.78 is 0. The lowest BCUT2D eigenvalue weighted by Gasteiger charge is -2.17. The quantitative estimate of drug-likeness (QED) is 0.869. The molecular weight excluding hydrogens is 244 g/mol. The molecule has 3 fully saturated rings. The highest BCUT2D eigenvalue weighted by Gasteiger charge is 2.66. The van der Waals surface area contributed by atoms with E-state index in [4.69, 9.17) is 0 Å². The molecule has 1 heteroatoms. The fraction of sp³-hybridized carbons (Fsp3) is 0.684. The molecule has 3 aliphatic rings. The second-order valence-electron chi connectivity index (χ2n) is 7.85. The molecule has 1 N–H and O–H groups in total. The van der Waals surface area contributed by atoms with E-state index in [0.717, 1.165) is 30.1 Å². The maximum atomic E-state index is 10.8. The van der Waals surface area contributed by atoms with E-state index in [1.807, 2.05) is 0 Å². The van der Waals surface area contributed by atoms with Crippen LogP contribution in [0, 0.1) is 35.5 Å². The second-order valence-corrected chi connectivity index (χ2v) is 7.85. The van der Waals surface area contributed by atoms with Crippen LogP contribution in [-0.2, 0) is 6.42 Å². The predicted octanol–water partition coefficient (Wildman–Crippen LogP) is 4.21. The van der Waals surface area contributed by atoms with Crippen molar-refractivity contribution < 1.29 is 5.11 Å². The molecule has 0 amide bonds. The lowest BCUT2D eigenvalue weighted by molar-refractivity contribution is 0.130. The first-order chi connectivity index (χ1) is 9.65. The molecule has 108 valence electrons. The fourth-order valence-electron chi connectivity index (χ4n) is 5.41. The number of aliphatic hydroxyl groups is 1. The van der Waals surface area contributed by atoms with Gasteiger partial charge in [-0.05, 0) is 72.3 Å². The lowest BCUT2D eigenvalue weighted by Crippen LogP contribution is -2.09. The maximum Gasteiger partial charge on any atom is 0.0824 e. The Bertz CT molecular complexity index is 490. The van der Waals surface area contributed by atoms with Crippen molar-refractivity contribution in [3.8, 4) is 0 Å². The minimum Gasteiger partial charge on any atom is -0.388 e. The van der Waals surface area contributed by atoms with E-state index in [1.165, 1.54) is 30.4 Å². The van der Waals surface area contributed by atoms with Crippen molar-refractivity contribution in [2.24, 2.45) is 35.5 Å². The van der Waals surface area contributed by atoms with Crippen LogP contribution in [0.5, 0.6) is 0 Å². The van der Waals surface area contributed by atoms with Gasteiger partial charge in [0.05, 0.1) is 6.10 Å². The summed E-state index contributed by atoms with van der Waals surface area (Å²) >= 11 is 0. The molecule has 0 aromatic heterocycles. The Balaban J connectivity index is 1.51. The van der Waals surface area contributed by atoms with Crippen LogP contribution in [0.2, 0.25) is 0 Å². The number of rotatable bonds is 4. The zero-order valence-corrected chi connectivity index (χ0v) is 12.6. The average molecular weight is 270 g/mol. The van der Waals surface area contributed by atoms with E-state index in [2.05, 4.69) is 38.1 Å². The minimum absolute atomic E-state index is 0.208. The van der Waals surface area contributed by atoms with Gasteiger partial charge in [-0.25, -0.2) is 0 Å². The highest BCUT2D eigenvalue weighted by atomic mass is 16.3. The van der Waals surface area contributed by atoms with Crippen LogP contribution in [0.4, 0.5) is 0 Å². The molecule has 5 atom stereocenters. The Morgan fingerprint density at radius 2 is 1.85 bits per heavy atom. The van der Waals surface area contributed by atoms with Gasteiger partial charge in [-0.15, -0.1) is 0 Å². The molecule has 1 aromatic rings. The van der Waals surface area contributed by atoms with Gasteiger partial charge in [-0.1, -0.05) is 38.1 Å². The van der Waals surface area contributed by atoms with Gasteiger partial charge in [-0.3, -0.25) is 0 Å². The Kier molecular flexibility index (Phi) is 2.96. The Morgan fingerprint density at radius 3 is 2.50 bits per heavy atom. The molecule has 0 aliphatic heterocycles. The van der Waals surface area contributed by atoms with Crippen molar-refractivity contribution in [1.29, 1.82) is 0 Å². The molecule has 0 spiro atoms. The summed E-state index contributed by atoms with van der Waals surface area (Å²) in [5, 5.41) is 10.8. The topological polar surface area (TPSA) is 20.2 Å². The van der Waals surface area contributed by atoms with Gasteiger partial charge in [0.15, 0.2) is 0 Å². The Hall–Kier alpha value is -0.820. The summed E-state index contributed by atoms with van der Waals surface area (Å²) in [7, 11) is 0. The third kappa shape index (κ3) is 1.94. The van der Waals surface area contributed by atoms with Gasteiger partial charge in [0.25, 0.3) is 0 Å². The number of aliphatic hydroxyl groups excluding tert-OH is 1. The lowest BCUT2D eigenvalue weighted by atomic mass is 9.93. The van der Waals surface area contributed by atoms with Crippen molar-refractivity contribution in [2.45, 2.75) is 45.6 Å². The summed E-state index contributed by atoms with van der Waals surface area (Å²) in [6.07, 6.45) is 5.24. The smallest absolute Gasteiger partial charge is 0.0824 e. The number of fused-ring (bicyclic) bond motifs is 5. The molecule has 5 unspecified atom stereocenters. The normalized spacial score (nSPS) is 39.1. The molecule has 3 saturated carbocycles. The summed E-state index contributed by atoms with van der Waals surface area (Å²) in [5.41, 5.74) is 2.55. The molecule has 4 rings (SSSR count). The Labute approximate surface area is 122 Å².